The molecule has 2 N–H and O–H groups in total. The quantitative estimate of drug-likeness (QED) is 0.838. The van der Waals surface area contributed by atoms with Gasteiger partial charge in [0.2, 0.25) is 0 Å². The van der Waals surface area contributed by atoms with Crippen molar-refractivity contribution >= 4 is 0 Å². The van der Waals surface area contributed by atoms with Crippen molar-refractivity contribution in [2.75, 3.05) is 19.7 Å². The van der Waals surface area contributed by atoms with Gasteiger partial charge in [-0.25, -0.2) is 13.2 Å². The van der Waals surface area contributed by atoms with E-state index in [1.54, 1.807) is 0 Å². The molecule has 2 fully saturated rings. The highest BCUT2D eigenvalue weighted by atomic mass is 19.2. The fourth-order valence-electron chi connectivity index (χ4n) is 3.69. The molecule has 0 spiro atoms. The minimum atomic E-state index is -1.47. The Labute approximate surface area is 128 Å². The Bertz CT molecular complexity index is 517. The zero-order chi connectivity index (χ0) is 15.7. The molecule has 2 saturated heterocycles. The van der Waals surface area contributed by atoms with Gasteiger partial charge in [0.15, 0.2) is 17.5 Å². The lowest BCUT2D eigenvalue weighted by atomic mass is 9.95. The van der Waals surface area contributed by atoms with Gasteiger partial charge in [-0.1, -0.05) is 0 Å². The smallest absolute Gasteiger partial charge is 0.194 e. The number of fused-ring (bicyclic) bond motifs is 1. The molecule has 1 aromatic rings. The molecule has 0 aromatic heterocycles. The Balaban J connectivity index is 1.69. The van der Waals surface area contributed by atoms with Gasteiger partial charge in [0.1, 0.15) is 0 Å². The van der Waals surface area contributed by atoms with Gasteiger partial charge >= 0.3 is 0 Å². The lowest BCUT2D eigenvalue weighted by molar-refractivity contribution is 0.148. The molecule has 0 aliphatic carbocycles. The van der Waals surface area contributed by atoms with Crippen LogP contribution in [0.1, 0.15) is 37.3 Å². The van der Waals surface area contributed by atoms with Gasteiger partial charge in [0.25, 0.3) is 0 Å². The normalized spacial score (nSPS) is 26.9. The minimum Gasteiger partial charge on any atom is -0.394 e. The number of piperidine rings is 1. The van der Waals surface area contributed by atoms with Crippen LogP contribution < -0.4 is 5.32 Å². The number of halogens is 3. The van der Waals surface area contributed by atoms with Gasteiger partial charge < -0.3 is 15.3 Å². The summed E-state index contributed by atoms with van der Waals surface area (Å²) in [5.41, 5.74) is 0.243. The van der Waals surface area contributed by atoms with Gasteiger partial charge in [-0.05, 0) is 56.5 Å². The van der Waals surface area contributed by atoms with Crippen LogP contribution in [0, 0.1) is 17.5 Å². The number of aliphatic hydroxyl groups excluding tert-OH is 1. The Morgan fingerprint density at radius 3 is 2.59 bits per heavy atom. The van der Waals surface area contributed by atoms with Gasteiger partial charge in [-0.3, -0.25) is 0 Å². The Kier molecular flexibility index (Phi) is 4.70. The number of aliphatic hydroxyl groups is 1. The van der Waals surface area contributed by atoms with Gasteiger partial charge in [-0.2, -0.15) is 0 Å². The average molecular weight is 314 g/mol. The van der Waals surface area contributed by atoms with Crippen molar-refractivity contribution in [3.63, 3.8) is 0 Å². The van der Waals surface area contributed by atoms with Crippen LogP contribution in [0.2, 0.25) is 0 Å². The van der Waals surface area contributed by atoms with Crippen LogP contribution in [0.5, 0.6) is 0 Å². The van der Waals surface area contributed by atoms with Gasteiger partial charge in [-0.15, -0.1) is 0 Å². The van der Waals surface area contributed by atoms with Crippen LogP contribution in [0.15, 0.2) is 12.1 Å². The Morgan fingerprint density at radius 1 is 1.18 bits per heavy atom. The summed E-state index contributed by atoms with van der Waals surface area (Å²) in [7, 11) is 0. The lowest BCUT2D eigenvalue weighted by Crippen LogP contribution is -2.47. The van der Waals surface area contributed by atoms with Crippen molar-refractivity contribution in [3.05, 3.63) is 35.1 Å². The lowest BCUT2D eigenvalue weighted by Gasteiger charge is -2.37. The van der Waals surface area contributed by atoms with Crippen LogP contribution in [-0.4, -0.2) is 41.8 Å². The number of nitrogens with one attached hydrogen (secondary N) is 1. The molecule has 2 heterocycles. The first-order valence-electron chi connectivity index (χ1n) is 7.84. The number of benzene rings is 1. The first-order chi connectivity index (χ1) is 10.6. The summed E-state index contributed by atoms with van der Waals surface area (Å²) >= 11 is 0. The van der Waals surface area contributed by atoms with E-state index in [9.17, 15) is 18.3 Å². The van der Waals surface area contributed by atoms with E-state index in [1.165, 1.54) is 12.8 Å². The highest BCUT2D eigenvalue weighted by molar-refractivity contribution is 5.23. The van der Waals surface area contributed by atoms with Crippen molar-refractivity contribution in [3.8, 4) is 0 Å². The largest absolute Gasteiger partial charge is 0.394 e. The summed E-state index contributed by atoms with van der Waals surface area (Å²) in [6.45, 7) is 1.87. The minimum absolute atomic E-state index is 0.202. The van der Waals surface area contributed by atoms with E-state index in [-0.39, 0.29) is 18.2 Å². The van der Waals surface area contributed by atoms with Crippen molar-refractivity contribution in [1.29, 1.82) is 0 Å². The molecule has 3 unspecified atom stereocenters. The predicted molar refractivity (Wildman–Crippen MR) is 76.9 cm³/mol. The maximum Gasteiger partial charge on any atom is 0.194 e. The van der Waals surface area contributed by atoms with Crippen molar-refractivity contribution in [1.82, 2.24) is 10.2 Å². The second kappa shape index (κ2) is 6.56. The molecular formula is C16H21F3N2O. The summed E-state index contributed by atoms with van der Waals surface area (Å²) < 4.78 is 39.8. The van der Waals surface area contributed by atoms with Crippen LogP contribution in [0.3, 0.4) is 0 Å². The molecule has 6 heteroatoms. The van der Waals surface area contributed by atoms with E-state index >= 15 is 0 Å². The first-order valence-corrected chi connectivity index (χ1v) is 7.84. The number of nitrogens with zero attached hydrogens (tertiary/aromatic N) is 1. The third-order valence-electron chi connectivity index (χ3n) is 4.85. The third kappa shape index (κ3) is 3.14. The SMILES string of the molecule is OCC(NC1CCN2CCCC2C1)c1cc(F)c(F)c(F)c1. The summed E-state index contributed by atoms with van der Waals surface area (Å²) in [5.74, 6) is -3.92. The van der Waals surface area contributed by atoms with Crippen molar-refractivity contribution in [2.24, 2.45) is 0 Å². The molecular weight excluding hydrogens is 293 g/mol. The highest BCUT2D eigenvalue weighted by Gasteiger charge is 2.32. The molecule has 3 nitrogen and oxygen atoms in total. The van der Waals surface area contributed by atoms with Gasteiger partial charge in [0, 0.05) is 12.1 Å². The van der Waals surface area contributed by atoms with E-state index in [2.05, 4.69) is 10.2 Å². The number of hydrogen-bond acceptors (Lipinski definition) is 3. The third-order valence-corrected chi connectivity index (χ3v) is 4.85. The van der Waals surface area contributed by atoms with Gasteiger partial charge in [0.05, 0.1) is 12.6 Å². The Morgan fingerprint density at radius 2 is 1.91 bits per heavy atom. The zero-order valence-corrected chi connectivity index (χ0v) is 12.4. The molecule has 1 aromatic carbocycles. The topological polar surface area (TPSA) is 35.5 Å². The van der Waals surface area contributed by atoms with E-state index in [4.69, 9.17) is 0 Å². The molecule has 0 saturated carbocycles. The fraction of sp³-hybridized carbons (Fsp3) is 0.625. The van der Waals surface area contributed by atoms with Crippen molar-refractivity contribution < 1.29 is 18.3 Å². The first kappa shape index (κ1) is 15.8. The summed E-state index contributed by atoms with van der Waals surface area (Å²) in [6, 6.07) is 2.09. The molecule has 2 aliphatic heterocycles. The Hall–Kier alpha value is -1.11. The van der Waals surface area contributed by atoms with Crippen LogP contribution >= 0.6 is 0 Å². The van der Waals surface area contributed by atoms with Crippen LogP contribution in [-0.2, 0) is 0 Å². The molecule has 22 heavy (non-hydrogen) atoms. The summed E-state index contributed by atoms with van der Waals surface area (Å²) in [4.78, 5) is 2.48. The molecule has 3 atom stereocenters. The second-order valence-corrected chi connectivity index (χ2v) is 6.25. The van der Waals surface area contributed by atoms with Crippen LogP contribution in [0.25, 0.3) is 0 Å². The number of rotatable bonds is 4. The van der Waals surface area contributed by atoms with E-state index in [0.717, 1.165) is 38.1 Å². The molecule has 0 radical (unpaired) electrons. The molecule has 3 rings (SSSR count). The molecule has 0 amide bonds. The summed E-state index contributed by atoms with van der Waals surface area (Å²) in [6.07, 6.45) is 4.32. The van der Waals surface area contributed by atoms with Crippen molar-refractivity contribution in [2.45, 2.75) is 43.8 Å². The van der Waals surface area contributed by atoms with Crippen LogP contribution in [0.4, 0.5) is 13.2 Å². The zero-order valence-electron chi connectivity index (χ0n) is 12.4. The average Bonchev–Trinajstić information content (AvgIpc) is 2.97. The van der Waals surface area contributed by atoms with E-state index < -0.39 is 23.5 Å². The predicted octanol–water partition coefficient (Wildman–Crippen LogP) is 2.35. The number of hydrogen-bond donors (Lipinski definition) is 2. The van der Waals surface area contributed by atoms with E-state index in [0.29, 0.717) is 6.04 Å². The standard InChI is InChI=1S/C16H21F3N2O/c17-13-6-10(7-14(18)16(13)19)15(9-22)20-11-3-5-21-4-1-2-12(21)8-11/h6-7,11-12,15,20,22H,1-5,8-9H2. The summed E-state index contributed by atoms with van der Waals surface area (Å²) in [5, 5.41) is 12.8. The van der Waals surface area contributed by atoms with E-state index in [1.807, 2.05) is 0 Å². The maximum absolute atomic E-state index is 13.4. The highest BCUT2D eigenvalue weighted by Crippen LogP contribution is 2.28. The molecule has 122 valence electrons. The maximum atomic E-state index is 13.4. The monoisotopic (exact) mass is 314 g/mol. The molecule has 0 bridgehead atoms. The fourth-order valence-corrected chi connectivity index (χ4v) is 3.69. The second-order valence-electron chi connectivity index (χ2n) is 6.25. The molecule has 2 aliphatic rings.